The van der Waals surface area contributed by atoms with Crippen molar-refractivity contribution in [2.24, 2.45) is 7.05 Å². The van der Waals surface area contributed by atoms with E-state index in [2.05, 4.69) is 10.4 Å². The van der Waals surface area contributed by atoms with Crippen LogP contribution < -0.4 is 5.32 Å². The van der Waals surface area contributed by atoms with E-state index in [4.69, 9.17) is 11.6 Å². The summed E-state index contributed by atoms with van der Waals surface area (Å²) in [6.45, 7) is 1.63. The second kappa shape index (κ2) is 5.40. The fourth-order valence-electron chi connectivity index (χ4n) is 1.81. The fraction of sp³-hybridized carbons (Fsp3) is 0.231. The number of hydrogen-bond acceptors (Lipinski definition) is 2. The Bertz CT molecular complexity index is 694. The third-order valence-electron chi connectivity index (χ3n) is 2.80. The van der Waals surface area contributed by atoms with Gasteiger partial charge in [-0.15, -0.1) is 0 Å². The third-order valence-corrected chi connectivity index (χ3v) is 3.13. The van der Waals surface area contributed by atoms with Gasteiger partial charge < -0.3 is 5.32 Å². The van der Waals surface area contributed by atoms with E-state index in [1.54, 1.807) is 14.0 Å². The molecule has 1 aromatic heterocycles. The number of rotatable bonds is 2. The van der Waals surface area contributed by atoms with Gasteiger partial charge in [-0.3, -0.25) is 9.48 Å². The Labute approximate surface area is 123 Å². The van der Waals surface area contributed by atoms with Gasteiger partial charge >= 0.3 is 6.18 Å². The van der Waals surface area contributed by atoms with E-state index in [9.17, 15) is 18.0 Å². The van der Waals surface area contributed by atoms with Crippen LogP contribution in [0.5, 0.6) is 0 Å². The van der Waals surface area contributed by atoms with Crippen LogP contribution >= 0.6 is 11.6 Å². The molecule has 1 N–H and O–H groups in total. The zero-order chi connectivity index (χ0) is 15.8. The Balaban J connectivity index is 2.31. The number of halogens is 4. The predicted octanol–water partition coefficient (Wildman–Crippen LogP) is 3.65. The summed E-state index contributed by atoms with van der Waals surface area (Å²) >= 11 is 5.82. The SMILES string of the molecule is Cc1nn(C)cc1C(=O)Nc1cc(C(F)(F)F)ccc1Cl. The number of alkyl halides is 3. The maximum Gasteiger partial charge on any atom is 0.416 e. The molecule has 0 aliphatic carbocycles. The van der Waals surface area contributed by atoms with Crippen LogP contribution in [-0.2, 0) is 13.2 Å². The number of carbonyl (C=O) groups is 1. The first-order chi connectivity index (χ1) is 9.68. The molecule has 0 fully saturated rings. The molecule has 1 aromatic carbocycles. The summed E-state index contributed by atoms with van der Waals surface area (Å²) < 4.78 is 39.4. The van der Waals surface area contributed by atoms with E-state index in [1.165, 1.54) is 10.9 Å². The van der Waals surface area contributed by atoms with Crippen LogP contribution in [0.25, 0.3) is 0 Å². The lowest BCUT2D eigenvalue weighted by atomic mass is 10.2. The number of hydrogen-bond donors (Lipinski definition) is 1. The summed E-state index contributed by atoms with van der Waals surface area (Å²) in [6, 6.07) is 2.75. The molecular formula is C13H11ClF3N3O. The lowest BCUT2D eigenvalue weighted by molar-refractivity contribution is -0.137. The maximum absolute atomic E-state index is 12.7. The largest absolute Gasteiger partial charge is 0.416 e. The molecule has 0 saturated heterocycles. The fourth-order valence-corrected chi connectivity index (χ4v) is 1.97. The third kappa shape index (κ3) is 3.36. The van der Waals surface area contributed by atoms with Crippen molar-refractivity contribution in [3.05, 3.63) is 46.2 Å². The highest BCUT2D eigenvalue weighted by molar-refractivity contribution is 6.34. The zero-order valence-electron chi connectivity index (χ0n) is 11.1. The minimum Gasteiger partial charge on any atom is -0.321 e. The highest BCUT2D eigenvalue weighted by Gasteiger charge is 2.31. The van der Waals surface area contributed by atoms with Crippen molar-refractivity contribution in [3.63, 3.8) is 0 Å². The standard InChI is InChI=1S/C13H11ClF3N3O/c1-7-9(6-20(2)19-7)12(21)18-11-5-8(13(15,16)17)3-4-10(11)14/h3-6H,1-2H3,(H,18,21). The Kier molecular flexibility index (Phi) is 3.95. The Morgan fingerprint density at radius 1 is 1.38 bits per heavy atom. The molecule has 112 valence electrons. The number of benzene rings is 1. The molecule has 0 atom stereocenters. The molecule has 8 heteroatoms. The summed E-state index contributed by atoms with van der Waals surface area (Å²) in [5.41, 5.74) is -0.242. The number of amides is 1. The molecule has 0 saturated carbocycles. The molecule has 2 rings (SSSR count). The summed E-state index contributed by atoms with van der Waals surface area (Å²) in [5, 5.41) is 6.39. The van der Waals surface area contributed by atoms with Gasteiger partial charge in [0.1, 0.15) is 0 Å². The van der Waals surface area contributed by atoms with E-state index < -0.39 is 17.6 Å². The van der Waals surface area contributed by atoms with E-state index in [-0.39, 0.29) is 16.3 Å². The van der Waals surface area contributed by atoms with Gasteiger partial charge in [0, 0.05) is 13.2 Å². The van der Waals surface area contributed by atoms with Gasteiger partial charge in [0.05, 0.1) is 27.5 Å². The van der Waals surface area contributed by atoms with Gasteiger partial charge in [0.2, 0.25) is 0 Å². The number of nitrogens with zero attached hydrogens (tertiary/aromatic N) is 2. The topological polar surface area (TPSA) is 46.9 Å². The Morgan fingerprint density at radius 2 is 2.05 bits per heavy atom. The van der Waals surface area contributed by atoms with Crippen molar-refractivity contribution in [2.45, 2.75) is 13.1 Å². The Morgan fingerprint density at radius 3 is 2.57 bits per heavy atom. The molecule has 0 aliphatic heterocycles. The average Bonchev–Trinajstić information content (AvgIpc) is 2.70. The van der Waals surface area contributed by atoms with Crippen LogP contribution in [0.3, 0.4) is 0 Å². The molecule has 0 unspecified atom stereocenters. The van der Waals surface area contributed by atoms with Crippen molar-refractivity contribution in [1.29, 1.82) is 0 Å². The van der Waals surface area contributed by atoms with Crippen molar-refractivity contribution in [3.8, 4) is 0 Å². The van der Waals surface area contributed by atoms with E-state index in [1.807, 2.05) is 0 Å². The molecule has 4 nitrogen and oxygen atoms in total. The minimum absolute atomic E-state index is 0.0258. The van der Waals surface area contributed by atoms with E-state index in [0.29, 0.717) is 5.69 Å². The van der Waals surface area contributed by atoms with Crippen LogP contribution in [0.15, 0.2) is 24.4 Å². The lowest BCUT2D eigenvalue weighted by Crippen LogP contribution is -2.14. The first-order valence-electron chi connectivity index (χ1n) is 5.87. The van der Waals surface area contributed by atoms with Gasteiger partial charge in [-0.1, -0.05) is 11.6 Å². The summed E-state index contributed by atoms with van der Waals surface area (Å²) in [7, 11) is 1.64. The highest BCUT2D eigenvalue weighted by atomic mass is 35.5. The van der Waals surface area contributed by atoms with Crippen LogP contribution in [0.2, 0.25) is 5.02 Å². The van der Waals surface area contributed by atoms with Crippen molar-refractivity contribution >= 4 is 23.2 Å². The minimum atomic E-state index is -4.51. The lowest BCUT2D eigenvalue weighted by Gasteiger charge is -2.11. The number of carbonyl (C=O) groups excluding carboxylic acids is 1. The van der Waals surface area contributed by atoms with Gasteiger partial charge in [-0.05, 0) is 25.1 Å². The second-order valence-electron chi connectivity index (χ2n) is 4.45. The molecule has 1 amide bonds. The van der Waals surface area contributed by atoms with E-state index >= 15 is 0 Å². The summed E-state index contributed by atoms with van der Waals surface area (Å²) in [6.07, 6.45) is -3.03. The first kappa shape index (κ1) is 15.4. The van der Waals surface area contributed by atoms with Crippen molar-refractivity contribution in [1.82, 2.24) is 9.78 Å². The molecule has 0 bridgehead atoms. The van der Waals surface area contributed by atoms with Crippen LogP contribution in [-0.4, -0.2) is 15.7 Å². The number of aromatic nitrogens is 2. The predicted molar refractivity (Wildman–Crippen MR) is 72.4 cm³/mol. The second-order valence-corrected chi connectivity index (χ2v) is 4.86. The average molecular weight is 318 g/mol. The molecule has 0 spiro atoms. The summed E-state index contributed by atoms with van der Waals surface area (Å²) in [5.74, 6) is -0.568. The number of nitrogens with one attached hydrogen (secondary N) is 1. The van der Waals surface area contributed by atoms with Gasteiger partial charge in [-0.25, -0.2) is 0 Å². The maximum atomic E-state index is 12.7. The Hall–Kier alpha value is -2.02. The van der Waals surface area contributed by atoms with Crippen LogP contribution in [0.1, 0.15) is 21.6 Å². The normalized spacial score (nSPS) is 11.5. The number of aryl methyl sites for hydroxylation is 2. The van der Waals surface area contributed by atoms with E-state index in [0.717, 1.165) is 18.2 Å². The van der Waals surface area contributed by atoms with Crippen molar-refractivity contribution < 1.29 is 18.0 Å². The van der Waals surface area contributed by atoms with Gasteiger partial charge in [-0.2, -0.15) is 18.3 Å². The quantitative estimate of drug-likeness (QED) is 0.919. The molecular weight excluding hydrogens is 307 g/mol. The molecule has 0 radical (unpaired) electrons. The monoisotopic (exact) mass is 317 g/mol. The zero-order valence-corrected chi connectivity index (χ0v) is 11.9. The van der Waals surface area contributed by atoms with Gasteiger partial charge in [0.15, 0.2) is 0 Å². The molecule has 1 heterocycles. The first-order valence-corrected chi connectivity index (χ1v) is 6.24. The molecule has 2 aromatic rings. The van der Waals surface area contributed by atoms with Gasteiger partial charge in [0.25, 0.3) is 5.91 Å². The highest BCUT2D eigenvalue weighted by Crippen LogP contribution is 2.34. The number of anilines is 1. The smallest absolute Gasteiger partial charge is 0.321 e. The van der Waals surface area contributed by atoms with Crippen LogP contribution in [0, 0.1) is 6.92 Å². The molecule has 21 heavy (non-hydrogen) atoms. The van der Waals surface area contributed by atoms with Crippen molar-refractivity contribution in [2.75, 3.05) is 5.32 Å². The molecule has 0 aliphatic rings. The summed E-state index contributed by atoms with van der Waals surface area (Å²) in [4.78, 5) is 12.1. The van der Waals surface area contributed by atoms with Crippen LogP contribution in [0.4, 0.5) is 18.9 Å².